The molecule has 6 heteroatoms. The monoisotopic (exact) mass is 691 g/mol. The zero-order valence-electron chi connectivity index (χ0n) is 32.2. The third kappa shape index (κ3) is 5.24. The van der Waals surface area contributed by atoms with E-state index in [0.717, 1.165) is 32.4 Å². The first-order valence-corrected chi connectivity index (χ1v) is 20.4. The number of ketones is 1. The first-order chi connectivity index (χ1) is 23.6. The van der Waals surface area contributed by atoms with Crippen LogP contribution >= 0.6 is 0 Å². The molecule has 5 nitrogen and oxygen atoms in total. The van der Waals surface area contributed by atoms with Crippen LogP contribution in [-0.4, -0.2) is 48.2 Å². The molecule has 1 heterocycles. The van der Waals surface area contributed by atoms with Crippen molar-refractivity contribution in [1.82, 2.24) is 10.6 Å². The zero-order chi connectivity index (χ0) is 35.9. The number of carboxylic acids is 1. The van der Waals surface area contributed by atoms with Crippen LogP contribution < -0.4 is 10.6 Å². The quantitative estimate of drug-likeness (QED) is 0.166. The highest BCUT2D eigenvalue weighted by Gasteiger charge is 2.70. The molecular weight excluding hydrogens is 623 g/mol. The van der Waals surface area contributed by atoms with Crippen LogP contribution in [0.3, 0.4) is 0 Å². The normalized spacial score (nSPS) is 46.6. The van der Waals surface area contributed by atoms with Crippen LogP contribution in [0.25, 0.3) is 0 Å². The number of alkyl halides is 1. The Morgan fingerprint density at radius 1 is 0.960 bits per heavy atom. The summed E-state index contributed by atoms with van der Waals surface area (Å²) >= 11 is 0. The number of rotatable bonds is 9. The Labute approximate surface area is 302 Å². The number of hydrogen-bond acceptors (Lipinski definition) is 4. The third-order valence-corrected chi connectivity index (χ3v) is 17.6. The van der Waals surface area contributed by atoms with Crippen molar-refractivity contribution in [2.24, 2.45) is 56.7 Å². The summed E-state index contributed by atoms with van der Waals surface area (Å²) < 4.78 is 14.0. The summed E-state index contributed by atoms with van der Waals surface area (Å²) in [6, 6.07) is 0.0612. The lowest BCUT2D eigenvalue weighted by Gasteiger charge is -2.72. The van der Waals surface area contributed by atoms with Crippen molar-refractivity contribution in [3.05, 3.63) is 35.5 Å². The lowest BCUT2D eigenvalue weighted by molar-refractivity contribution is -0.221. The van der Waals surface area contributed by atoms with Crippen molar-refractivity contribution in [3.63, 3.8) is 0 Å². The average Bonchev–Trinajstić information content (AvgIpc) is 3.66. The van der Waals surface area contributed by atoms with E-state index >= 15 is 0 Å². The fourth-order valence-corrected chi connectivity index (χ4v) is 14.7. The van der Waals surface area contributed by atoms with Gasteiger partial charge >= 0.3 is 5.97 Å². The molecular formula is C44H67FN2O3. The molecule has 50 heavy (non-hydrogen) atoms. The van der Waals surface area contributed by atoms with Gasteiger partial charge in [0.2, 0.25) is 0 Å². The molecule has 0 bridgehead atoms. The van der Waals surface area contributed by atoms with Gasteiger partial charge in [-0.2, -0.15) is 0 Å². The Morgan fingerprint density at radius 3 is 2.38 bits per heavy atom. The minimum atomic E-state index is -1.25. The van der Waals surface area contributed by atoms with Gasteiger partial charge in [-0.15, -0.1) is 0 Å². The van der Waals surface area contributed by atoms with Crippen molar-refractivity contribution in [1.29, 1.82) is 0 Å². The molecule has 7 aliphatic rings. The van der Waals surface area contributed by atoms with Crippen molar-refractivity contribution >= 4 is 11.8 Å². The molecule has 1 saturated heterocycles. The molecule has 0 amide bonds. The summed E-state index contributed by atoms with van der Waals surface area (Å²) in [5, 5.41) is 17.4. The van der Waals surface area contributed by atoms with Crippen LogP contribution in [0.5, 0.6) is 0 Å². The SMILES string of the molecule is C=C(C)[C@@H]1CC[C@]2(NCCCC3NCCC3=O)CC[C@]3(C)[C@H](CCC4[C@@]5(C)CC=C(C6=CC[C@](CF)(C(=O)O)CC6)C(C)(C)C5CC[C@]43C)C12. The van der Waals surface area contributed by atoms with E-state index in [4.69, 9.17) is 0 Å². The van der Waals surface area contributed by atoms with Gasteiger partial charge in [0, 0.05) is 18.5 Å². The van der Waals surface area contributed by atoms with Crippen molar-refractivity contribution in [2.75, 3.05) is 19.8 Å². The van der Waals surface area contributed by atoms with Gasteiger partial charge < -0.3 is 15.7 Å². The van der Waals surface area contributed by atoms with Gasteiger partial charge in [-0.1, -0.05) is 58.9 Å². The van der Waals surface area contributed by atoms with E-state index in [9.17, 15) is 19.1 Å². The highest BCUT2D eigenvalue weighted by atomic mass is 19.1. The standard InChI is InChI=1S/C44H67FN2O3/c1-28(2)30-14-22-44(47-25-8-9-33-34(48)17-26-46-33)24-23-41(6)32(37(30)44)10-11-36-40(5)18-15-31(39(3,4)35(40)16-19-42(36,41)7)29-12-20-43(27-45,21-13-29)38(49)50/h12,15,30,32-33,35-37,46-47H,1,8-11,13-14,16-27H2,2-7H3,(H,49,50)/t30-,32+,33?,35?,36?,37?,40-,41+,42+,43-,44-/m0/s1. The fourth-order valence-electron chi connectivity index (χ4n) is 14.7. The maximum Gasteiger partial charge on any atom is 0.312 e. The maximum atomic E-state index is 14.0. The molecule has 6 aliphatic carbocycles. The van der Waals surface area contributed by atoms with E-state index in [1.54, 1.807) is 0 Å². The second kappa shape index (κ2) is 12.7. The van der Waals surface area contributed by atoms with Crippen LogP contribution in [0.2, 0.25) is 0 Å². The maximum absolute atomic E-state index is 14.0. The van der Waals surface area contributed by atoms with Crippen LogP contribution in [0, 0.1) is 56.7 Å². The fraction of sp³-hybridized carbons (Fsp3) is 0.818. The van der Waals surface area contributed by atoms with Crippen molar-refractivity contribution in [3.8, 4) is 0 Å². The van der Waals surface area contributed by atoms with E-state index in [1.165, 1.54) is 68.1 Å². The zero-order valence-corrected chi connectivity index (χ0v) is 32.2. The Hall–Kier alpha value is -1.79. The molecule has 0 aromatic carbocycles. The molecule has 278 valence electrons. The van der Waals surface area contributed by atoms with E-state index in [0.29, 0.717) is 61.1 Å². The lowest BCUT2D eigenvalue weighted by atomic mass is 9.33. The van der Waals surface area contributed by atoms with Crippen LogP contribution in [0.4, 0.5) is 4.39 Å². The minimum Gasteiger partial charge on any atom is -0.481 e. The van der Waals surface area contributed by atoms with Crippen LogP contribution in [0.15, 0.2) is 35.5 Å². The summed E-state index contributed by atoms with van der Waals surface area (Å²) in [6.07, 6.45) is 19.9. The number of carbonyl (C=O) groups excluding carboxylic acids is 1. The predicted octanol–water partition coefficient (Wildman–Crippen LogP) is 9.38. The lowest BCUT2D eigenvalue weighted by Crippen LogP contribution is -2.68. The first-order valence-electron chi connectivity index (χ1n) is 20.4. The number of allylic oxidation sites excluding steroid dienone is 5. The van der Waals surface area contributed by atoms with Crippen LogP contribution in [-0.2, 0) is 9.59 Å². The second-order valence-corrected chi connectivity index (χ2v) is 19.8. The molecule has 11 atom stereocenters. The molecule has 1 aliphatic heterocycles. The number of carbonyl (C=O) groups is 2. The van der Waals surface area contributed by atoms with Gasteiger partial charge in [0.1, 0.15) is 6.67 Å². The second-order valence-electron chi connectivity index (χ2n) is 19.8. The largest absolute Gasteiger partial charge is 0.481 e. The van der Waals surface area contributed by atoms with Gasteiger partial charge in [-0.3, -0.25) is 9.59 Å². The molecule has 0 radical (unpaired) electrons. The van der Waals surface area contributed by atoms with E-state index in [-0.39, 0.29) is 33.2 Å². The topological polar surface area (TPSA) is 78.4 Å². The summed E-state index contributed by atoms with van der Waals surface area (Å²) in [7, 11) is 0. The Kier molecular flexibility index (Phi) is 9.26. The van der Waals surface area contributed by atoms with Crippen molar-refractivity contribution in [2.45, 2.75) is 149 Å². The first kappa shape index (κ1) is 36.6. The molecule has 3 N–H and O–H groups in total. The Morgan fingerprint density at radius 2 is 1.74 bits per heavy atom. The predicted molar refractivity (Wildman–Crippen MR) is 199 cm³/mol. The molecule has 7 rings (SSSR count). The number of hydrogen-bond donors (Lipinski definition) is 3. The number of carboxylic acid groups (broad SMARTS) is 1. The smallest absolute Gasteiger partial charge is 0.312 e. The minimum absolute atomic E-state index is 0.00236. The van der Waals surface area contributed by atoms with E-state index < -0.39 is 18.1 Å². The Bertz CT molecular complexity index is 1470. The van der Waals surface area contributed by atoms with Gasteiger partial charge in [0.25, 0.3) is 0 Å². The summed E-state index contributed by atoms with van der Waals surface area (Å²) in [5.41, 5.74) is 3.78. The van der Waals surface area contributed by atoms with Gasteiger partial charge in [-0.25, -0.2) is 4.39 Å². The number of aliphatic carboxylic acids is 1. The van der Waals surface area contributed by atoms with Gasteiger partial charge in [-0.05, 0) is 166 Å². The summed E-state index contributed by atoms with van der Waals surface area (Å²) in [4.78, 5) is 24.2. The highest BCUT2D eigenvalue weighted by molar-refractivity contribution is 5.86. The number of Topliss-reactive ketones (excluding diaryl/α,β-unsaturated/α-hetero) is 1. The molecule has 0 aromatic heterocycles. The van der Waals surface area contributed by atoms with Gasteiger partial charge in [0.05, 0.1) is 11.5 Å². The molecule has 5 fully saturated rings. The summed E-state index contributed by atoms with van der Waals surface area (Å²) in [5.74, 6) is 2.54. The molecule has 0 spiro atoms. The number of fused-ring (bicyclic) bond motifs is 7. The van der Waals surface area contributed by atoms with Crippen LogP contribution in [0.1, 0.15) is 138 Å². The highest BCUT2D eigenvalue weighted by Crippen LogP contribution is 2.76. The number of halogens is 1. The summed E-state index contributed by atoms with van der Waals surface area (Å²) in [6.45, 7) is 20.9. The van der Waals surface area contributed by atoms with Crippen molar-refractivity contribution < 1.29 is 19.1 Å². The molecule has 4 saturated carbocycles. The van der Waals surface area contributed by atoms with Gasteiger partial charge in [0.15, 0.2) is 5.78 Å². The van der Waals surface area contributed by atoms with E-state index in [1.807, 2.05) is 0 Å². The number of nitrogens with one attached hydrogen (secondary N) is 2. The average molecular weight is 691 g/mol. The van der Waals surface area contributed by atoms with E-state index in [2.05, 4.69) is 70.9 Å². The molecule has 4 unspecified atom stereocenters. The third-order valence-electron chi connectivity index (χ3n) is 17.6. The Balaban J connectivity index is 1.13. The molecule has 0 aromatic rings.